The Hall–Kier alpha value is -2.80. The SMILES string of the molecule is CCCNC(=O)CCCCc1nnc(SCc2ccc(C)cc2)n1-c1cccc(OC)c1. The normalized spacial score (nSPS) is 10.8. The second-order valence-electron chi connectivity index (χ2n) is 7.77. The van der Waals surface area contributed by atoms with Crippen molar-refractivity contribution in [1.82, 2.24) is 20.1 Å². The third-order valence-corrected chi connectivity index (χ3v) is 6.13. The van der Waals surface area contributed by atoms with Gasteiger partial charge < -0.3 is 10.1 Å². The molecule has 0 aliphatic carbocycles. The van der Waals surface area contributed by atoms with Crippen LogP contribution >= 0.6 is 11.8 Å². The number of hydrogen-bond donors (Lipinski definition) is 1. The van der Waals surface area contributed by atoms with E-state index >= 15 is 0 Å². The summed E-state index contributed by atoms with van der Waals surface area (Å²) in [5.74, 6) is 2.64. The molecular weight excluding hydrogens is 420 g/mol. The second kappa shape index (κ2) is 12.3. The van der Waals surface area contributed by atoms with Crippen molar-refractivity contribution in [2.45, 2.75) is 56.9 Å². The molecule has 0 atom stereocenters. The van der Waals surface area contributed by atoms with Crippen molar-refractivity contribution in [3.05, 3.63) is 65.5 Å². The van der Waals surface area contributed by atoms with Gasteiger partial charge in [0.25, 0.3) is 0 Å². The fourth-order valence-electron chi connectivity index (χ4n) is 3.32. The summed E-state index contributed by atoms with van der Waals surface area (Å²) in [5, 5.41) is 12.8. The third kappa shape index (κ3) is 6.85. The van der Waals surface area contributed by atoms with Crippen molar-refractivity contribution >= 4 is 17.7 Å². The van der Waals surface area contributed by atoms with E-state index < -0.39 is 0 Å². The van der Waals surface area contributed by atoms with Gasteiger partial charge in [-0.05, 0) is 43.9 Å². The molecule has 0 aliphatic heterocycles. The maximum absolute atomic E-state index is 11.9. The Morgan fingerprint density at radius 2 is 1.94 bits per heavy atom. The summed E-state index contributed by atoms with van der Waals surface area (Å²) < 4.78 is 7.53. The van der Waals surface area contributed by atoms with Crippen molar-refractivity contribution < 1.29 is 9.53 Å². The van der Waals surface area contributed by atoms with Gasteiger partial charge in [0, 0.05) is 31.2 Å². The molecule has 1 aromatic heterocycles. The first kappa shape index (κ1) is 23.9. The molecule has 0 bridgehead atoms. The van der Waals surface area contributed by atoms with Crippen molar-refractivity contribution in [3.63, 3.8) is 0 Å². The largest absolute Gasteiger partial charge is 0.497 e. The van der Waals surface area contributed by atoms with Crippen LogP contribution in [0.5, 0.6) is 5.75 Å². The number of amides is 1. The van der Waals surface area contributed by atoms with Crippen LogP contribution < -0.4 is 10.1 Å². The van der Waals surface area contributed by atoms with Gasteiger partial charge in [-0.15, -0.1) is 10.2 Å². The number of benzene rings is 2. The van der Waals surface area contributed by atoms with Gasteiger partial charge >= 0.3 is 0 Å². The van der Waals surface area contributed by atoms with Crippen LogP contribution in [0.3, 0.4) is 0 Å². The number of hydrogen-bond acceptors (Lipinski definition) is 5. The number of rotatable bonds is 12. The van der Waals surface area contributed by atoms with Crippen LogP contribution in [0.25, 0.3) is 5.69 Å². The second-order valence-corrected chi connectivity index (χ2v) is 8.71. The standard InChI is InChI=1S/C25H32N4O2S/c1-4-16-26-24(30)11-6-5-10-23-27-28-25(32-18-20-14-12-19(2)13-15-20)29(23)21-8-7-9-22(17-21)31-3/h7-9,12-15,17H,4-6,10-11,16,18H2,1-3H3,(H,26,30). The topological polar surface area (TPSA) is 69.0 Å². The van der Waals surface area contributed by atoms with Crippen molar-refractivity contribution in [1.29, 1.82) is 0 Å². The number of unbranched alkanes of at least 4 members (excludes halogenated alkanes) is 1. The van der Waals surface area contributed by atoms with Crippen molar-refractivity contribution in [3.8, 4) is 11.4 Å². The molecule has 1 heterocycles. The first-order valence-corrected chi connectivity index (χ1v) is 12.1. The molecule has 170 valence electrons. The summed E-state index contributed by atoms with van der Waals surface area (Å²) in [4.78, 5) is 11.9. The average molecular weight is 453 g/mol. The highest BCUT2D eigenvalue weighted by atomic mass is 32.2. The molecule has 1 N–H and O–H groups in total. The number of carbonyl (C=O) groups excluding carboxylic acids is 1. The maximum Gasteiger partial charge on any atom is 0.219 e. The molecule has 0 spiro atoms. The van der Waals surface area contributed by atoms with Gasteiger partial charge in [0.1, 0.15) is 11.6 Å². The highest BCUT2D eigenvalue weighted by Crippen LogP contribution is 2.27. The summed E-state index contributed by atoms with van der Waals surface area (Å²) >= 11 is 1.67. The summed E-state index contributed by atoms with van der Waals surface area (Å²) in [6.45, 7) is 4.89. The third-order valence-electron chi connectivity index (χ3n) is 5.13. The Morgan fingerprint density at radius 3 is 2.69 bits per heavy atom. The van der Waals surface area contributed by atoms with E-state index in [0.717, 1.165) is 60.4 Å². The van der Waals surface area contributed by atoms with Crippen LogP contribution in [0.1, 0.15) is 49.6 Å². The van der Waals surface area contributed by atoms with Crippen LogP contribution in [0.4, 0.5) is 0 Å². The van der Waals surface area contributed by atoms with Crippen molar-refractivity contribution in [2.75, 3.05) is 13.7 Å². The lowest BCUT2D eigenvalue weighted by Crippen LogP contribution is -2.23. The van der Waals surface area contributed by atoms with E-state index in [-0.39, 0.29) is 5.91 Å². The molecule has 1 amide bonds. The molecule has 0 radical (unpaired) electrons. The predicted molar refractivity (Wildman–Crippen MR) is 130 cm³/mol. The van der Waals surface area contributed by atoms with Gasteiger partial charge in [0.15, 0.2) is 5.16 Å². The number of ether oxygens (including phenoxy) is 1. The summed E-state index contributed by atoms with van der Waals surface area (Å²) in [6.07, 6.45) is 3.97. The smallest absolute Gasteiger partial charge is 0.219 e. The number of nitrogens with one attached hydrogen (secondary N) is 1. The highest BCUT2D eigenvalue weighted by molar-refractivity contribution is 7.98. The molecule has 32 heavy (non-hydrogen) atoms. The zero-order valence-electron chi connectivity index (χ0n) is 19.1. The van der Waals surface area contributed by atoms with Gasteiger partial charge in [-0.25, -0.2) is 0 Å². The lowest BCUT2D eigenvalue weighted by molar-refractivity contribution is -0.121. The van der Waals surface area contributed by atoms with Crippen molar-refractivity contribution in [2.24, 2.45) is 0 Å². The number of thioether (sulfide) groups is 1. The van der Waals surface area contributed by atoms with Gasteiger partial charge in [0.05, 0.1) is 12.8 Å². The predicted octanol–water partition coefficient (Wildman–Crippen LogP) is 5.12. The van der Waals surface area contributed by atoms with E-state index in [9.17, 15) is 4.79 Å². The number of nitrogens with zero attached hydrogens (tertiary/aromatic N) is 3. The Labute approximate surface area is 194 Å². The zero-order valence-corrected chi connectivity index (χ0v) is 20.0. The van der Waals surface area contributed by atoms with Crippen LogP contribution in [-0.4, -0.2) is 34.3 Å². The van der Waals surface area contributed by atoms with E-state index in [0.29, 0.717) is 6.42 Å². The maximum atomic E-state index is 11.9. The van der Waals surface area contributed by atoms with E-state index in [1.807, 2.05) is 24.3 Å². The first-order chi connectivity index (χ1) is 15.6. The quantitative estimate of drug-likeness (QED) is 0.305. The molecule has 3 rings (SSSR count). The lowest BCUT2D eigenvalue weighted by atomic mass is 10.1. The molecule has 6 nitrogen and oxygen atoms in total. The Kier molecular flexibility index (Phi) is 9.16. The average Bonchev–Trinajstić information content (AvgIpc) is 3.22. The Bertz CT molecular complexity index is 1000. The van der Waals surface area contributed by atoms with E-state index in [4.69, 9.17) is 4.74 Å². The van der Waals surface area contributed by atoms with Gasteiger partial charge in [-0.3, -0.25) is 9.36 Å². The summed E-state index contributed by atoms with van der Waals surface area (Å²) in [5.41, 5.74) is 3.49. The minimum absolute atomic E-state index is 0.121. The monoisotopic (exact) mass is 452 g/mol. The fraction of sp³-hybridized carbons (Fsp3) is 0.400. The molecule has 3 aromatic rings. The summed E-state index contributed by atoms with van der Waals surface area (Å²) in [6, 6.07) is 16.5. The fourth-order valence-corrected chi connectivity index (χ4v) is 4.24. The molecule has 2 aromatic carbocycles. The van der Waals surface area contributed by atoms with Gasteiger partial charge in [-0.2, -0.15) is 0 Å². The molecule has 0 unspecified atom stereocenters. The van der Waals surface area contributed by atoms with Gasteiger partial charge in [0.2, 0.25) is 5.91 Å². The Balaban J connectivity index is 1.72. The molecular formula is C25H32N4O2S. The number of aryl methyl sites for hydroxylation is 2. The zero-order chi connectivity index (χ0) is 22.8. The molecule has 0 aliphatic rings. The first-order valence-electron chi connectivity index (χ1n) is 11.1. The van der Waals surface area contributed by atoms with E-state index in [1.54, 1.807) is 18.9 Å². The van der Waals surface area contributed by atoms with Crippen LogP contribution in [0.2, 0.25) is 0 Å². The molecule has 0 saturated heterocycles. The lowest BCUT2D eigenvalue weighted by Gasteiger charge is -2.12. The van der Waals surface area contributed by atoms with E-state index in [1.165, 1.54) is 11.1 Å². The van der Waals surface area contributed by atoms with Crippen LogP contribution in [0.15, 0.2) is 53.7 Å². The number of aromatic nitrogens is 3. The van der Waals surface area contributed by atoms with Crippen LogP contribution in [-0.2, 0) is 17.0 Å². The number of methoxy groups -OCH3 is 1. The molecule has 0 saturated carbocycles. The summed E-state index contributed by atoms with van der Waals surface area (Å²) in [7, 11) is 1.67. The van der Waals surface area contributed by atoms with E-state index in [2.05, 4.69) is 58.2 Å². The number of carbonyl (C=O) groups is 1. The molecule has 0 fully saturated rings. The Morgan fingerprint density at radius 1 is 1.12 bits per heavy atom. The minimum atomic E-state index is 0.121. The molecule has 7 heteroatoms. The minimum Gasteiger partial charge on any atom is -0.497 e. The highest BCUT2D eigenvalue weighted by Gasteiger charge is 2.15. The van der Waals surface area contributed by atoms with Crippen LogP contribution in [0, 0.1) is 6.92 Å². The van der Waals surface area contributed by atoms with Gasteiger partial charge in [-0.1, -0.05) is 54.6 Å².